The van der Waals surface area contributed by atoms with E-state index in [1.165, 1.54) is 23.7 Å². The number of hydrogen-bond acceptors (Lipinski definition) is 7. The Balaban J connectivity index is 2.20. The zero-order valence-corrected chi connectivity index (χ0v) is 14.6. The zero-order chi connectivity index (χ0) is 15.5. The van der Waals surface area contributed by atoms with Crippen LogP contribution in [0.25, 0.3) is 0 Å². The van der Waals surface area contributed by atoms with E-state index in [2.05, 4.69) is 41.2 Å². The summed E-state index contributed by atoms with van der Waals surface area (Å²) in [4.78, 5) is 4.88. The first-order valence-electron chi connectivity index (χ1n) is 6.06. The maximum Gasteiger partial charge on any atom is 0.266 e. The van der Waals surface area contributed by atoms with Gasteiger partial charge in [0.05, 0.1) is 16.2 Å². The number of nitrogens with one attached hydrogen (secondary N) is 2. The summed E-state index contributed by atoms with van der Waals surface area (Å²) in [5, 5.41) is 10.4. The lowest BCUT2D eigenvalue weighted by atomic mass is 10.4. The molecule has 0 unspecified atom stereocenters. The van der Waals surface area contributed by atoms with Crippen LogP contribution in [0.15, 0.2) is 27.1 Å². The highest BCUT2D eigenvalue weighted by molar-refractivity contribution is 9.11. The Bertz CT molecular complexity index is 703. The molecule has 114 valence electrons. The fourth-order valence-corrected chi connectivity index (χ4v) is 5.02. The van der Waals surface area contributed by atoms with Crippen molar-refractivity contribution in [1.29, 1.82) is 0 Å². The molecule has 0 radical (unpaired) electrons. The van der Waals surface area contributed by atoms with E-state index in [0.29, 0.717) is 16.4 Å². The molecule has 2 N–H and O–H groups in total. The Labute approximate surface area is 135 Å². The summed E-state index contributed by atoms with van der Waals surface area (Å²) in [6, 6.07) is 1.95. The second-order valence-electron chi connectivity index (χ2n) is 4.46. The molecule has 0 bridgehead atoms. The minimum atomic E-state index is -3.74. The Morgan fingerprint density at radius 2 is 2.14 bits per heavy atom. The summed E-state index contributed by atoms with van der Waals surface area (Å²) in [6.45, 7) is 4.67. The molecule has 0 saturated heterocycles. The fraction of sp³-hybridized carbons (Fsp3) is 0.364. The van der Waals surface area contributed by atoms with Gasteiger partial charge in [-0.3, -0.25) is 0 Å². The van der Waals surface area contributed by atoms with Crippen LogP contribution in [0.3, 0.4) is 0 Å². The van der Waals surface area contributed by atoms with E-state index in [4.69, 9.17) is 0 Å². The summed E-state index contributed by atoms with van der Waals surface area (Å²) in [5.41, 5.74) is 0. The minimum absolute atomic E-state index is 0.0579. The van der Waals surface area contributed by atoms with Gasteiger partial charge in [-0.25, -0.2) is 18.1 Å². The normalized spacial score (nSPS) is 11.8. The van der Waals surface area contributed by atoms with Gasteiger partial charge in [0.1, 0.15) is 4.90 Å². The average molecular weight is 392 g/mol. The maximum absolute atomic E-state index is 12.3. The first kappa shape index (κ1) is 16.3. The molecule has 2 aromatic rings. The molecule has 0 atom stereocenters. The second kappa shape index (κ2) is 6.77. The molecule has 2 aromatic heterocycles. The van der Waals surface area contributed by atoms with Crippen LogP contribution in [-0.4, -0.2) is 29.6 Å². The van der Waals surface area contributed by atoms with Crippen LogP contribution < -0.4 is 10.0 Å². The molecule has 0 aliphatic rings. The van der Waals surface area contributed by atoms with Gasteiger partial charge < -0.3 is 5.32 Å². The average Bonchev–Trinajstić information content (AvgIpc) is 2.79. The topological polar surface area (TPSA) is 96.9 Å². The van der Waals surface area contributed by atoms with Crippen LogP contribution in [0.5, 0.6) is 0 Å². The van der Waals surface area contributed by atoms with E-state index in [-0.39, 0.29) is 10.8 Å². The van der Waals surface area contributed by atoms with Crippen LogP contribution in [-0.2, 0) is 16.6 Å². The molecule has 7 nitrogen and oxygen atoms in total. The number of rotatable bonds is 6. The van der Waals surface area contributed by atoms with Crippen LogP contribution in [0.4, 0.5) is 5.95 Å². The Hall–Kier alpha value is -1.10. The number of nitrogens with zero attached hydrogens (tertiary/aromatic N) is 3. The summed E-state index contributed by atoms with van der Waals surface area (Å²) >= 11 is 4.66. The van der Waals surface area contributed by atoms with Gasteiger partial charge in [0.15, 0.2) is 0 Å². The van der Waals surface area contributed by atoms with E-state index >= 15 is 0 Å². The third-order valence-corrected chi connectivity index (χ3v) is 5.97. The molecule has 0 aliphatic heterocycles. The van der Waals surface area contributed by atoms with Gasteiger partial charge in [0.25, 0.3) is 16.0 Å². The molecule has 2 rings (SSSR count). The van der Waals surface area contributed by atoms with Gasteiger partial charge in [-0.05, 0) is 22.0 Å². The molecule has 10 heteroatoms. The molecule has 0 aromatic carbocycles. The lowest BCUT2D eigenvalue weighted by Crippen LogP contribution is -2.21. The quantitative estimate of drug-likeness (QED) is 0.781. The first-order chi connectivity index (χ1) is 9.88. The predicted octanol–water partition coefficient (Wildman–Crippen LogP) is 1.99. The number of hydrogen-bond donors (Lipinski definition) is 2. The van der Waals surface area contributed by atoms with Crippen LogP contribution in [0.2, 0.25) is 0 Å². The standard InChI is InChI=1S/C11H14BrN5O2S2/c1-7(2)14-6-8-5-9(10(12)20-8)21(18,19)17-11-13-3-4-15-16-11/h3-5,7,14H,6H2,1-2H3,(H,13,16,17). The van der Waals surface area contributed by atoms with E-state index in [0.717, 1.165) is 4.88 Å². The predicted molar refractivity (Wildman–Crippen MR) is 84.6 cm³/mol. The zero-order valence-electron chi connectivity index (χ0n) is 11.4. The van der Waals surface area contributed by atoms with Crippen molar-refractivity contribution in [1.82, 2.24) is 20.5 Å². The highest BCUT2D eigenvalue weighted by Gasteiger charge is 2.22. The van der Waals surface area contributed by atoms with Gasteiger partial charge in [0.2, 0.25) is 0 Å². The highest BCUT2D eigenvalue weighted by Crippen LogP contribution is 2.32. The van der Waals surface area contributed by atoms with Crippen molar-refractivity contribution in [2.24, 2.45) is 0 Å². The number of aromatic nitrogens is 3. The van der Waals surface area contributed by atoms with E-state index in [9.17, 15) is 8.42 Å². The maximum atomic E-state index is 12.3. The molecule has 0 fully saturated rings. The smallest absolute Gasteiger partial charge is 0.266 e. The van der Waals surface area contributed by atoms with Crippen molar-refractivity contribution in [2.75, 3.05) is 4.72 Å². The lowest BCUT2D eigenvalue weighted by molar-refractivity contribution is 0.592. The van der Waals surface area contributed by atoms with E-state index < -0.39 is 10.0 Å². The van der Waals surface area contributed by atoms with Crippen molar-refractivity contribution < 1.29 is 8.42 Å². The number of halogens is 1. The summed E-state index contributed by atoms with van der Waals surface area (Å²) < 4.78 is 27.5. The van der Waals surface area contributed by atoms with Gasteiger partial charge in [-0.1, -0.05) is 13.8 Å². The largest absolute Gasteiger partial charge is 0.310 e. The van der Waals surface area contributed by atoms with Crippen molar-refractivity contribution in [2.45, 2.75) is 31.3 Å². The molecular formula is C11H14BrN5O2S2. The van der Waals surface area contributed by atoms with E-state index in [1.54, 1.807) is 6.07 Å². The van der Waals surface area contributed by atoms with Crippen molar-refractivity contribution >= 4 is 43.2 Å². The van der Waals surface area contributed by atoms with Crippen LogP contribution in [0.1, 0.15) is 18.7 Å². The van der Waals surface area contributed by atoms with Crippen LogP contribution >= 0.6 is 27.3 Å². The fourth-order valence-electron chi connectivity index (χ4n) is 1.44. The van der Waals surface area contributed by atoms with Gasteiger partial charge in [0, 0.05) is 17.5 Å². The molecule has 0 amide bonds. The summed E-state index contributed by atoms with van der Waals surface area (Å²) in [7, 11) is -3.74. The third-order valence-electron chi connectivity index (χ3n) is 2.39. The molecular weight excluding hydrogens is 378 g/mol. The summed E-state index contributed by atoms with van der Waals surface area (Å²) in [5.74, 6) is -0.0579. The van der Waals surface area contributed by atoms with Crippen molar-refractivity contribution in [3.05, 3.63) is 27.1 Å². The Kier molecular flexibility index (Phi) is 5.25. The van der Waals surface area contributed by atoms with Gasteiger partial charge in [-0.2, -0.15) is 5.10 Å². The number of thiophene rings is 1. The van der Waals surface area contributed by atoms with E-state index in [1.807, 2.05) is 13.8 Å². The SMILES string of the molecule is CC(C)NCc1cc(S(=O)(=O)Nc2nccnn2)c(Br)s1. The molecule has 0 spiro atoms. The number of anilines is 1. The molecule has 21 heavy (non-hydrogen) atoms. The van der Waals surface area contributed by atoms with Crippen LogP contribution in [0, 0.1) is 0 Å². The highest BCUT2D eigenvalue weighted by atomic mass is 79.9. The van der Waals surface area contributed by atoms with Gasteiger partial charge >= 0.3 is 0 Å². The van der Waals surface area contributed by atoms with Crippen molar-refractivity contribution in [3.63, 3.8) is 0 Å². The Morgan fingerprint density at radius 1 is 1.38 bits per heavy atom. The van der Waals surface area contributed by atoms with Gasteiger partial charge in [-0.15, -0.1) is 16.4 Å². The molecule has 2 heterocycles. The van der Waals surface area contributed by atoms with Crippen molar-refractivity contribution in [3.8, 4) is 0 Å². The second-order valence-corrected chi connectivity index (χ2v) is 8.56. The lowest BCUT2D eigenvalue weighted by Gasteiger charge is -2.05. The minimum Gasteiger partial charge on any atom is -0.310 e. The first-order valence-corrected chi connectivity index (χ1v) is 9.16. The monoisotopic (exact) mass is 391 g/mol. The number of sulfonamides is 1. The molecule has 0 aliphatic carbocycles. The summed E-state index contributed by atoms with van der Waals surface area (Å²) in [6.07, 6.45) is 2.74. The Morgan fingerprint density at radius 3 is 2.76 bits per heavy atom. The molecule has 0 saturated carbocycles. The third kappa shape index (κ3) is 4.43.